The van der Waals surface area contributed by atoms with E-state index in [1.165, 1.54) is 0 Å². The number of rotatable bonds is 6. The van der Waals surface area contributed by atoms with E-state index in [1.807, 2.05) is 26.0 Å². The van der Waals surface area contributed by atoms with Crippen molar-refractivity contribution < 1.29 is 9.53 Å². The van der Waals surface area contributed by atoms with Gasteiger partial charge in [0.25, 0.3) is 0 Å². The maximum absolute atomic E-state index is 12.1. The molecule has 2 aromatic rings. The number of aryl methyl sites for hydroxylation is 2. The van der Waals surface area contributed by atoms with E-state index in [2.05, 4.69) is 5.32 Å². The van der Waals surface area contributed by atoms with Crippen LogP contribution in [0.15, 0.2) is 30.3 Å². The van der Waals surface area contributed by atoms with Gasteiger partial charge in [-0.15, -0.1) is 0 Å². The number of carbonyl (C=O) groups excluding carboxylic acids is 1. The Hall–Kier alpha value is -1.42. The van der Waals surface area contributed by atoms with Crippen molar-refractivity contribution in [1.82, 2.24) is 0 Å². The quantitative estimate of drug-likeness (QED) is 0.613. The summed E-state index contributed by atoms with van der Waals surface area (Å²) in [5.74, 6) is 0.452. The van der Waals surface area contributed by atoms with Gasteiger partial charge in [0.05, 0.1) is 22.3 Å². The van der Waals surface area contributed by atoms with E-state index in [0.717, 1.165) is 11.1 Å². The van der Waals surface area contributed by atoms with E-state index in [9.17, 15) is 4.79 Å². The molecule has 0 aliphatic carbocycles. The summed E-state index contributed by atoms with van der Waals surface area (Å²) in [6.45, 7) is 4.26. The number of anilines is 1. The molecule has 2 rings (SSSR count). The normalized spacial score (nSPS) is 10.5. The zero-order chi connectivity index (χ0) is 17.7. The maximum Gasteiger partial charge on any atom is 0.224 e. The molecule has 0 aromatic heterocycles. The van der Waals surface area contributed by atoms with Crippen LogP contribution >= 0.6 is 34.8 Å². The van der Waals surface area contributed by atoms with E-state index < -0.39 is 0 Å². The largest absolute Gasteiger partial charge is 0.492 e. The molecule has 0 saturated carbocycles. The summed E-state index contributed by atoms with van der Waals surface area (Å²) < 4.78 is 5.56. The summed E-state index contributed by atoms with van der Waals surface area (Å²) >= 11 is 18.0. The van der Waals surface area contributed by atoms with Crippen LogP contribution in [0.3, 0.4) is 0 Å². The number of hydrogen-bond donors (Lipinski definition) is 1. The SMILES string of the molecule is Cc1cc(C)c(NC(=O)CCCOc2ccc(Cl)cc2Cl)c(Cl)c1. The molecule has 0 unspecified atom stereocenters. The molecule has 0 bridgehead atoms. The lowest BCUT2D eigenvalue weighted by Crippen LogP contribution is -2.14. The Morgan fingerprint density at radius 1 is 1.08 bits per heavy atom. The number of halogens is 3. The third kappa shape index (κ3) is 5.30. The lowest BCUT2D eigenvalue weighted by atomic mass is 10.1. The smallest absolute Gasteiger partial charge is 0.224 e. The van der Waals surface area contributed by atoms with Crippen molar-refractivity contribution in [2.24, 2.45) is 0 Å². The van der Waals surface area contributed by atoms with Gasteiger partial charge in [0, 0.05) is 11.4 Å². The lowest BCUT2D eigenvalue weighted by molar-refractivity contribution is -0.116. The van der Waals surface area contributed by atoms with Gasteiger partial charge in [-0.2, -0.15) is 0 Å². The molecule has 1 N–H and O–H groups in total. The topological polar surface area (TPSA) is 38.3 Å². The molecule has 0 spiro atoms. The molecule has 0 fully saturated rings. The summed E-state index contributed by atoms with van der Waals surface area (Å²) in [4.78, 5) is 12.1. The highest BCUT2D eigenvalue weighted by Gasteiger charge is 2.10. The number of ether oxygens (including phenoxy) is 1. The zero-order valence-corrected chi connectivity index (χ0v) is 15.7. The number of nitrogens with one attached hydrogen (secondary N) is 1. The molecule has 128 valence electrons. The average molecular weight is 387 g/mol. The summed E-state index contributed by atoms with van der Waals surface area (Å²) in [6.07, 6.45) is 0.891. The Morgan fingerprint density at radius 3 is 2.50 bits per heavy atom. The van der Waals surface area contributed by atoms with Gasteiger partial charge in [-0.1, -0.05) is 40.9 Å². The van der Waals surface area contributed by atoms with Crippen LogP contribution < -0.4 is 10.1 Å². The van der Waals surface area contributed by atoms with Gasteiger partial charge in [0.15, 0.2) is 0 Å². The summed E-state index contributed by atoms with van der Waals surface area (Å²) in [5.41, 5.74) is 2.66. The Kier molecular flexibility index (Phi) is 6.79. The van der Waals surface area contributed by atoms with Gasteiger partial charge in [0.1, 0.15) is 5.75 Å². The van der Waals surface area contributed by atoms with Crippen molar-refractivity contribution in [2.75, 3.05) is 11.9 Å². The van der Waals surface area contributed by atoms with Crippen molar-refractivity contribution in [3.05, 3.63) is 56.5 Å². The van der Waals surface area contributed by atoms with Crippen LogP contribution in [0.5, 0.6) is 5.75 Å². The van der Waals surface area contributed by atoms with Gasteiger partial charge in [0.2, 0.25) is 5.91 Å². The van der Waals surface area contributed by atoms with E-state index in [1.54, 1.807) is 18.2 Å². The lowest BCUT2D eigenvalue weighted by Gasteiger charge is -2.12. The molecular formula is C18H18Cl3NO2. The summed E-state index contributed by atoms with van der Waals surface area (Å²) in [5, 5.41) is 4.41. The minimum Gasteiger partial charge on any atom is -0.492 e. The Labute approximate surface area is 156 Å². The van der Waals surface area contributed by atoms with E-state index in [4.69, 9.17) is 39.5 Å². The molecule has 2 aromatic carbocycles. The molecule has 24 heavy (non-hydrogen) atoms. The minimum atomic E-state index is -0.102. The second-order valence-electron chi connectivity index (χ2n) is 5.51. The molecule has 0 saturated heterocycles. The Balaban J connectivity index is 1.82. The van der Waals surface area contributed by atoms with Crippen LogP contribution in [0.4, 0.5) is 5.69 Å². The van der Waals surface area contributed by atoms with Gasteiger partial charge in [-0.25, -0.2) is 0 Å². The fourth-order valence-corrected chi connectivity index (χ4v) is 3.11. The zero-order valence-electron chi connectivity index (χ0n) is 13.5. The average Bonchev–Trinajstić information content (AvgIpc) is 2.49. The van der Waals surface area contributed by atoms with Crippen LogP contribution in [0.1, 0.15) is 24.0 Å². The van der Waals surface area contributed by atoms with Crippen molar-refractivity contribution in [1.29, 1.82) is 0 Å². The molecule has 0 atom stereocenters. The minimum absolute atomic E-state index is 0.102. The standard InChI is InChI=1S/C18H18Cl3NO2/c1-11-8-12(2)18(15(21)9-11)22-17(23)4-3-7-24-16-6-5-13(19)10-14(16)20/h5-6,8-10H,3-4,7H2,1-2H3,(H,22,23). The molecule has 0 aliphatic rings. The number of amides is 1. The van der Waals surface area contributed by atoms with E-state index >= 15 is 0 Å². The first kappa shape index (κ1) is 18.9. The van der Waals surface area contributed by atoms with Crippen molar-refractivity contribution >= 4 is 46.4 Å². The van der Waals surface area contributed by atoms with E-state index in [-0.39, 0.29) is 5.91 Å². The molecule has 0 radical (unpaired) electrons. The first-order valence-electron chi connectivity index (χ1n) is 7.51. The fourth-order valence-electron chi connectivity index (χ4n) is 2.28. The van der Waals surface area contributed by atoms with Gasteiger partial charge < -0.3 is 10.1 Å². The van der Waals surface area contributed by atoms with Gasteiger partial charge in [-0.05, 0) is 55.7 Å². The number of carbonyl (C=O) groups is 1. The summed E-state index contributed by atoms with van der Waals surface area (Å²) in [7, 11) is 0. The molecule has 0 aliphatic heterocycles. The van der Waals surface area contributed by atoms with Crippen molar-refractivity contribution in [3.8, 4) is 5.75 Å². The summed E-state index contributed by atoms with van der Waals surface area (Å²) in [6, 6.07) is 8.84. The van der Waals surface area contributed by atoms with Gasteiger partial charge in [-0.3, -0.25) is 4.79 Å². The van der Waals surface area contributed by atoms with E-state index in [0.29, 0.717) is 46.0 Å². The highest BCUT2D eigenvalue weighted by Crippen LogP contribution is 2.28. The van der Waals surface area contributed by atoms with Crippen molar-refractivity contribution in [3.63, 3.8) is 0 Å². The fraction of sp³-hybridized carbons (Fsp3) is 0.278. The third-order valence-electron chi connectivity index (χ3n) is 3.40. The molecule has 0 heterocycles. The maximum atomic E-state index is 12.1. The predicted molar refractivity (Wildman–Crippen MR) is 101 cm³/mol. The second-order valence-corrected chi connectivity index (χ2v) is 6.76. The van der Waals surface area contributed by atoms with Crippen LogP contribution in [-0.4, -0.2) is 12.5 Å². The highest BCUT2D eigenvalue weighted by atomic mass is 35.5. The third-order valence-corrected chi connectivity index (χ3v) is 4.22. The molecule has 6 heteroatoms. The Bertz CT molecular complexity index is 724. The van der Waals surface area contributed by atoms with Gasteiger partial charge >= 0.3 is 0 Å². The molecule has 1 amide bonds. The first-order valence-corrected chi connectivity index (χ1v) is 8.64. The van der Waals surface area contributed by atoms with Crippen LogP contribution in [0, 0.1) is 13.8 Å². The first-order chi connectivity index (χ1) is 11.4. The highest BCUT2D eigenvalue weighted by molar-refractivity contribution is 6.35. The van der Waals surface area contributed by atoms with Crippen LogP contribution in [-0.2, 0) is 4.79 Å². The van der Waals surface area contributed by atoms with Crippen molar-refractivity contribution in [2.45, 2.75) is 26.7 Å². The monoisotopic (exact) mass is 385 g/mol. The number of benzene rings is 2. The molecular weight excluding hydrogens is 369 g/mol. The second kappa shape index (κ2) is 8.61. The number of hydrogen-bond acceptors (Lipinski definition) is 2. The van der Waals surface area contributed by atoms with Crippen LogP contribution in [0.2, 0.25) is 15.1 Å². The predicted octanol–water partition coefficient (Wildman–Crippen LogP) is 6.06. The van der Waals surface area contributed by atoms with Crippen LogP contribution in [0.25, 0.3) is 0 Å². The molecule has 3 nitrogen and oxygen atoms in total. The Morgan fingerprint density at radius 2 is 1.83 bits per heavy atom.